The molecule has 2 aromatic rings. The van der Waals surface area contributed by atoms with Crippen LogP contribution in [0.25, 0.3) is 5.69 Å². The molecule has 0 saturated heterocycles. The number of benzene rings is 1. The number of hydrogen-bond donors (Lipinski definition) is 1. The molecular weight excluding hydrogens is 200 g/mol. The summed E-state index contributed by atoms with van der Waals surface area (Å²) in [6.45, 7) is 6.18. The number of nitrogens with zero attached hydrogens (tertiary/aromatic N) is 2. The smallest absolute Gasteiger partial charge is 0.0715 e. The molecule has 0 unspecified atom stereocenters. The SMILES string of the molecule is Cc1ccc(-n2ncc(CO)c2C)cc1C. The molecule has 1 heterocycles. The zero-order valence-electron chi connectivity index (χ0n) is 9.86. The Bertz CT molecular complexity index is 515. The molecule has 0 saturated carbocycles. The van der Waals surface area contributed by atoms with Crippen molar-refractivity contribution >= 4 is 0 Å². The molecule has 1 aromatic heterocycles. The molecular formula is C13H16N2O. The van der Waals surface area contributed by atoms with Gasteiger partial charge in [0.25, 0.3) is 0 Å². The van der Waals surface area contributed by atoms with E-state index in [1.807, 2.05) is 17.7 Å². The van der Waals surface area contributed by atoms with Crippen molar-refractivity contribution in [3.05, 3.63) is 46.8 Å². The summed E-state index contributed by atoms with van der Waals surface area (Å²) in [5.41, 5.74) is 5.43. The van der Waals surface area contributed by atoms with E-state index >= 15 is 0 Å². The second kappa shape index (κ2) is 4.10. The maximum absolute atomic E-state index is 9.12. The van der Waals surface area contributed by atoms with Crippen LogP contribution in [0, 0.1) is 20.8 Å². The molecule has 0 aliphatic rings. The third-order valence-electron chi connectivity index (χ3n) is 3.02. The largest absolute Gasteiger partial charge is 0.392 e. The lowest BCUT2D eigenvalue weighted by Crippen LogP contribution is -2.00. The van der Waals surface area contributed by atoms with E-state index in [-0.39, 0.29) is 6.61 Å². The van der Waals surface area contributed by atoms with E-state index in [1.54, 1.807) is 6.20 Å². The van der Waals surface area contributed by atoms with E-state index in [0.29, 0.717) is 0 Å². The van der Waals surface area contributed by atoms with Gasteiger partial charge >= 0.3 is 0 Å². The van der Waals surface area contributed by atoms with Crippen molar-refractivity contribution in [3.63, 3.8) is 0 Å². The number of aliphatic hydroxyl groups excluding tert-OH is 1. The van der Waals surface area contributed by atoms with Crippen LogP contribution in [0.1, 0.15) is 22.4 Å². The van der Waals surface area contributed by atoms with Crippen LogP contribution in [0.4, 0.5) is 0 Å². The van der Waals surface area contributed by atoms with Crippen LogP contribution in [0.3, 0.4) is 0 Å². The predicted octanol–water partition coefficient (Wildman–Crippen LogP) is 2.29. The highest BCUT2D eigenvalue weighted by Crippen LogP contribution is 2.17. The predicted molar refractivity (Wildman–Crippen MR) is 63.7 cm³/mol. The summed E-state index contributed by atoms with van der Waals surface area (Å²) in [5, 5.41) is 13.4. The van der Waals surface area contributed by atoms with E-state index < -0.39 is 0 Å². The van der Waals surface area contributed by atoms with Crippen molar-refractivity contribution < 1.29 is 5.11 Å². The van der Waals surface area contributed by atoms with Gasteiger partial charge in [0, 0.05) is 11.3 Å². The first-order valence-corrected chi connectivity index (χ1v) is 5.35. The fourth-order valence-electron chi connectivity index (χ4n) is 1.72. The summed E-state index contributed by atoms with van der Waals surface area (Å²) in [5.74, 6) is 0. The van der Waals surface area contributed by atoms with Gasteiger partial charge in [-0.25, -0.2) is 4.68 Å². The van der Waals surface area contributed by atoms with Crippen LogP contribution >= 0.6 is 0 Å². The van der Waals surface area contributed by atoms with Gasteiger partial charge in [0.2, 0.25) is 0 Å². The van der Waals surface area contributed by atoms with Crippen molar-refractivity contribution in [2.45, 2.75) is 27.4 Å². The summed E-state index contributed by atoms with van der Waals surface area (Å²) in [7, 11) is 0. The summed E-state index contributed by atoms with van der Waals surface area (Å²) in [4.78, 5) is 0. The number of aryl methyl sites for hydroxylation is 2. The van der Waals surface area contributed by atoms with Gasteiger partial charge in [-0.05, 0) is 44.0 Å². The van der Waals surface area contributed by atoms with Gasteiger partial charge in [0.05, 0.1) is 18.5 Å². The molecule has 0 fully saturated rings. The van der Waals surface area contributed by atoms with Gasteiger partial charge in [-0.1, -0.05) is 6.07 Å². The fourth-order valence-corrected chi connectivity index (χ4v) is 1.72. The second-order valence-electron chi connectivity index (χ2n) is 4.09. The van der Waals surface area contributed by atoms with Gasteiger partial charge in [-0.15, -0.1) is 0 Å². The van der Waals surface area contributed by atoms with Crippen LogP contribution in [0.15, 0.2) is 24.4 Å². The summed E-state index contributed by atoms with van der Waals surface area (Å²) >= 11 is 0. The Morgan fingerprint density at radius 3 is 2.50 bits per heavy atom. The highest BCUT2D eigenvalue weighted by Gasteiger charge is 2.07. The number of rotatable bonds is 2. The normalized spacial score (nSPS) is 10.8. The first-order chi connectivity index (χ1) is 7.63. The maximum atomic E-state index is 9.12. The average molecular weight is 216 g/mol. The number of aliphatic hydroxyl groups is 1. The van der Waals surface area contributed by atoms with E-state index in [4.69, 9.17) is 5.11 Å². The monoisotopic (exact) mass is 216 g/mol. The molecule has 0 radical (unpaired) electrons. The molecule has 3 heteroatoms. The van der Waals surface area contributed by atoms with Crippen LogP contribution in [-0.2, 0) is 6.61 Å². The minimum Gasteiger partial charge on any atom is -0.392 e. The van der Waals surface area contributed by atoms with Gasteiger partial charge < -0.3 is 5.11 Å². The molecule has 1 aromatic carbocycles. The Hall–Kier alpha value is -1.61. The molecule has 0 bridgehead atoms. The van der Waals surface area contributed by atoms with Crippen molar-refractivity contribution in [2.24, 2.45) is 0 Å². The van der Waals surface area contributed by atoms with Crippen molar-refractivity contribution in [2.75, 3.05) is 0 Å². The standard InChI is InChI=1S/C13H16N2O/c1-9-4-5-13(6-10(9)2)15-11(3)12(8-16)7-14-15/h4-7,16H,8H2,1-3H3. The summed E-state index contributed by atoms with van der Waals surface area (Å²) in [6, 6.07) is 6.24. The Balaban J connectivity index is 2.50. The molecule has 1 N–H and O–H groups in total. The Morgan fingerprint density at radius 1 is 1.19 bits per heavy atom. The van der Waals surface area contributed by atoms with Crippen molar-refractivity contribution in [1.29, 1.82) is 0 Å². The Labute approximate surface area is 95.3 Å². The van der Waals surface area contributed by atoms with Gasteiger partial charge in [0.1, 0.15) is 0 Å². The average Bonchev–Trinajstić information content (AvgIpc) is 2.64. The fraction of sp³-hybridized carbons (Fsp3) is 0.308. The topological polar surface area (TPSA) is 38.0 Å². The number of hydrogen-bond acceptors (Lipinski definition) is 2. The van der Waals surface area contributed by atoms with Crippen LogP contribution in [0.2, 0.25) is 0 Å². The molecule has 16 heavy (non-hydrogen) atoms. The first kappa shape index (κ1) is 10.9. The third kappa shape index (κ3) is 1.74. The quantitative estimate of drug-likeness (QED) is 0.836. The van der Waals surface area contributed by atoms with Crippen molar-refractivity contribution in [3.8, 4) is 5.69 Å². The third-order valence-corrected chi connectivity index (χ3v) is 3.02. The van der Waals surface area contributed by atoms with E-state index in [0.717, 1.165) is 16.9 Å². The van der Waals surface area contributed by atoms with Crippen LogP contribution < -0.4 is 0 Å². The first-order valence-electron chi connectivity index (χ1n) is 5.35. The lowest BCUT2D eigenvalue weighted by atomic mass is 10.1. The highest BCUT2D eigenvalue weighted by atomic mass is 16.3. The Morgan fingerprint density at radius 2 is 1.94 bits per heavy atom. The van der Waals surface area contributed by atoms with E-state index in [9.17, 15) is 0 Å². The molecule has 0 spiro atoms. The minimum absolute atomic E-state index is 0.0384. The second-order valence-corrected chi connectivity index (χ2v) is 4.09. The minimum atomic E-state index is 0.0384. The Kier molecular flexibility index (Phi) is 2.79. The molecule has 2 rings (SSSR count). The maximum Gasteiger partial charge on any atom is 0.0715 e. The summed E-state index contributed by atoms with van der Waals surface area (Å²) in [6.07, 6.45) is 1.71. The lowest BCUT2D eigenvalue weighted by Gasteiger charge is -2.07. The van der Waals surface area contributed by atoms with Gasteiger partial charge in [-0.3, -0.25) is 0 Å². The highest BCUT2D eigenvalue weighted by molar-refractivity contribution is 5.40. The van der Waals surface area contributed by atoms with Gasteiger partial charge in [0.15, 0.2) is 0 Å². The zero-order chi connectivity index (χ0) is 11.7. The van der Waals surface area contributed by atoms with E-state index in [1.165, 1.54) is 11.1 Å². The van der Waals surface area contributed by atoms with Crippen LogP contribution in [0.5, 0.6) is 0 Å². The lowest BCUT2D eigenvalue weighted by molar-refractivity contribution is 0.281. The number of aromatic nitrogens is 2. The zero-order valence-corrected chi connectivity index (χ0v) is 9.86. The van der Waals surface area contributed by atoms with Crippen molar-refractivity contribution in [1.82, 2.24) is 9.78 Å². The molecule has 0 amide bonds. The van der Waals surface area contributed by atoms with Crippen LogP contribution in [-0.4, -0.2) is 14.9 Å². The molecule has 84 valence electrons. The molecule has 0 aliphatic heterocycles. The van der Waals surface area contributed by atoms with Gasteiger partial charge in [-0.2, -0.15) is 5.10 Å². The molecule has 0 aliphatic carbocycles. The molecule has 3 nitrogen and oxygen atoms in total. The summed E-state index contributed by atoms with van der Waals surface area (Å²) < 4.78 is 1.86. The molecule has 0 atom stereocenters. The van der Waals surface area contributed by atoms with E-state index in [2.05, 4.69) is 31.1 Å².